The number of hydrogen-bond donors (Lipinski definition) is 1. The fourth-order valence-corrected chi connectivity index (χ4v) is 0.928. The molecule has 0 spiro atoms. The van der Waals surface area contributed by atoms with E-state index in [1.165, 1.54) is 0 Å². The van der Waals surface area contributed by atoms with Gasteiger partial charge in [-0.05, 0) is 20.3 Å². The summed E-state index contributed by atoms with van der Waals surface area (Å²) in [5.41, 5.74) is 0.669. The van der Waals surface area contributed by atoms with Gasteiger partial charge in [-0.2, -0.15) is 4.98 Å². The number of hydrogen-bond acceptors (Lipinski definition) is 4. The lowest BCUT2D eigenvalue weighted by Gasteiger charge is -2.10. The lowest BCUT2D eigenvalue weighted by atomic mass is 10.2. The summed E-state index contributed by atoms with van der Waals surface area (Å²) in [5, 5.41) is 3.07. The highest BCUT2D eigenvalue weighted by Gasteiger charge is 2.02. The summed E-state index contributed by atoms with van der Waals surface area (Å²) in [4.78, 5) is 14.5. The van der Waals surface area contributed by atoms with Gasteiger partial charge in [-0.3, -0.25) is 0 Å². The molecule has 0 aromatic carbocycles. The van der Waals surface area contributed by atoms with Crippen LogP contribution < -0.4 is 11.1 Å². The van der Waals surface area contributed by atoms with Crippen LogP contribution in [-0.2, 0) is 0 Å². The summed E-state index contributed by atoms with van der Waals surface area (Å²) < 4.78 is 4.85. The lowest BCUT2D eigenvalue weighted by Crippen LogP contribution is -2.16. The van der Waals surface area contributed by atoms with Crippen molar-refractivity contribution in [2.45, 2.75) is 33.2 Å². The van der Waals surface area contributed by atoms with Crippen LogP contribution in [0.3, 0.4) is 0 Å². The van der Waals surface area contributed by atoms with Gasteiger partial charge in [-0.25, -0.2) is 4.79 Å². The Hall–Kier alpha value is -1.32. The molecule has 4 heteroatoms. The Balaban J connectivity index is 2.83. The molecule has 0 fully saturated rings. The third kappa shape index (κ3) is 2.89. The number of anilines is 1. The van der Waals surface area contributed by atoms with Gasteiger partial charge in [-0.1, -0.05) is 6.92 Å². The molecule has 1 unspecified atom stereocenters. The van der Waals surface area contributed by atoms with Crippen LogP contribution >= 0.6 is 0 Å². The summed E-state index contributed by atoms with van der Waals surface area (Å²) >= 11 is 0. The average Bonchev–Trinajstić information content (AvgIpc) is 2.02. The molecule has 1 atom stereocenters. The van der Waals surface area contributed by atoms with Crippen molar-refractivity contribution in [1.82, 2.24) is 4.98 Å². The number of aryl methyl sites for hydroxylation is 1. The summed E-state index contributed by atoms with van der Waals surface area (Å²) in [6, 6.07) is 2.01. The normalized spacial score (nSPS) is 12.5. The van der Waals surface area contributed by atoms with Crippen LogP contribution in [0.1, 0.15) is 26.0 Å². The van der Waals surface area contributed by atoms with E-state index in [-0.39, 0.29) is 0 Å². The highest BCUT2D eigenvalue weighted by molar-refractivity contribution is 5.31. The molecule has 0 aliphatic carbocycles. The molecule has 0 aliphatic rings. The molecular weight excluding hydrogens is 168 g/mol. The largest absolute Gasteiger partial charge is 0.440 e. The van der Waals surface area contributed by atoms with E-state index in [1.54, 1.807) is 13.0 Å². The summed E-state index contributed by atoms with van der Waals surface area (Å²) in [5.74, 6) is -0.0577. The van der Waals surface area contributed by atoms with E-state index in [4.69, 9.17) is 4.42 Å². The Labute approximate surface area is 77.0 Å². The predicted molar refractivity (Wildman–Crippen MR) is 50.9 cm³/mol. The van der Waals surface area contributed by atoms with Crippen molar-refractivity contribution in [1.29, 1.82) is 0 Å². The molecule has 1 heterocycles. The Kier molecular flexibility index (Phi) is 3.06. The smallest absolute Gasteiger partial charge is 0.392 e. The Morgan fingerprint density at radius 3 is 2.92 bits per heavy atom. The Morgan fingerprint density at radius 2 is 2.38 bits per heavy atom. The first-order chi connectivity index (χ1) is 6.11. The number of nitrogens with zero attached hydrogens (tertiary/aromatic N) is 1. The van der Waals surface area contributed by atoms with Gasteiger partial charge in [0.25, 0.3) is 0 Å². The van der Waals surface area contributed by atoms with Crippen LogP contribution in [0.25, 0.3) is 0 Å². The lowest BCUT2D eigenvalue weighted by molar-refractivity contribution is 0.487. The van der Waals surface area contributed by atoms with Crippen LogP contribution in [0.4, 0.5) is 5.88 Å². The van der Waals surface area contributed by atoms with Gasteiger partial charge >= 0.3 is 5.76 Å². The minimum atomic E-state index is -0.550. The molecular formula is C9H14N2O2. The molecule has 1 aromatic heterocycles. The van der Waals surface area contributed by atoms with Crippen LogP contribution in [0.2, 0.25) is 0 Å². The minimum Gasteiger partial charge on any atom is -0.392 e. The van der Waals surface area contributed by atoms with Crippen molar-refractivity contribution < 1.29 is 4.42 Å². The van der Waals surface area contributed by atoms with Gasteiger partial charge in [-0.15, -0.1) is 0 Å². The van der Waals surface area contributed by atoms with Crippen LogP contribution in [0.15, 0.2) is 15.3 Å². The zero-order chi connectivity index (χ0) is 9.84. The second-order valence-electron chi connectivity index (χ2n) is 3.08. The first-order valence-corrected chi connectivity index (χ1v) is 4.37. The molecule has 72 valence electrons. The van der Waals surface area contributed by atoms with Crippen molar-refractivity contribution in [3.8, 4) is 0 Å². The Bertz CT molecular complexity index is 333. The van der Waals surface area contributed by atoms with Gasteiger partial charge in [0.15, 0.2) is 0 Å². The number of aromatic nitrogens is 1. The third-order valence-corrected chi connectivity index (χ3v) is 1.81. The van der Waals surface area contributed by atoms with E-state index in [0.29, 0.717) is 17.6 Å². The van der Waals surface area contributed by atoms with Gasteiger partial charge in [0.1, 0.15) is 0 Å². The summed E-state index contributed by atoms with van der Waals surface area (Å²) in [6.45, 7) is 5.85. The molecule has 0 amide bonds. The molecule has 1 aromatic rings. The SMILES string of the molecule is CCC(C)Nc1cc(C)nc(=O)o1. The zero-order valence-electron chi connectivity index (χ0n) is 8.13. The van der Waals surface area contributed by atoms with Gasteiger partial charge < -0.3 is 9.73 Å². The average molecular weight is 182 g/mol. The quantitative estimate of drug-likeness (QED) is 0.770. The maximum absolute atomic E-state index is 10.9. The molecule has 0 saturated heterocycles. The van der Waals surface area contributed by atoms with E-state index in [1.807, 2.05) is 6.92 Å². The maximum Gasteiger partial charge on any atom is 0.440 e. The van der Waals surface area contributed by atoms with E-state index >= 15 is 0 Å². The first-order valence-electron chi connectivity index (χ1n) is 4.37. The zero-order valence-corrected chi connectivity index (χ0v) is 8.13. The standard InChI is InChI=1S/C9H14N2O2/c1-4-6(2)10-8-5-7(3)11-9(12)13-8/h5-6,10H,4H2,1-3H3. The fourth-order valence-electron chi connectivity index (χ4n) is 0.928. The Morgan fingerprint density at radius 1 is 1.69 bits per heavy atom. The highest BCUT2D eigenvalue weighted by atomic mass is 16.4. The molecule has 0 radical (unpaired) electrons. The predicted octanol–water partition coefficient (Wildman–Crippen LogP) is 1.55. The topological polar surface area (TPSA) is 55.1 Å². The minimum absolute atomic E-state index is 0.296. The van der Waals surface area contributed by atoms with Crippen molar-refractivity contribution in [2.75, 3.05) is 5.32 Å². The van der Waals surface area contributed by atoms with E-state index in [9.17, 15) is 4.79 Å². The van der Waals surface area contributed by atoms with Crippen molar-refractivity contribution in [2.24, 2.45) is 0 Å². The van der Waals surface area contributed by atoms with Crippen molar-refractivity contribution in [3.63, 3.8) is 0 Å². The molecule has 0 saturated carbocycles. The second kappa shape index (κ2) is 4.07. The molecule has 0 bridgehead atoms. The van der Waals surface area contributed by atoms with Gasteiger partial charge in [0, 0.05) is 12.1 Å². The van der Waals surface area contributed by atoms with Crippen LogP contribution in [-0.4, -0.2) is 11.0 Å². The number of rotatable bonds is 3. The summed E-state index contributed by atoms with van der Waals surface area (Å²) in [7, 11) is 0. The van der Waals surface area contributed by atoms with Crippen LogP contribution in [0, 0.1) is 6.92 Å². The van der Waals surface area contributed by atoms with E-state index < -0.39 is 5.76 Å². The van der Waals surface area contributed by atoms with Crippen LogP contribution in [0.5, 0.6) is 0 Å². The molecule has 1 N–H and O–H groups in total. The highest BCUT2D eigenvalue weighted by Crippen LogP contribution is 2.07. The molecule has 0 aliphatic heterocycles. The van der Waals surface area contributed by atoms with E-state index in [2.05, 4.69) is 17.2 Å². The first kappa shape index (κ1) is 9.77. The van der Waals surface area contributed by atoms with E-state index in [0.717, 1.165) is 6.42 Å². The fraction of sp³-hybridized carbons (Fsp3) is 0.556. The van der Waals surface area contributed by atoms with Gasteiger partial charge in [0.05, 0.1) is 5.69 Å². The summed E-state index contributed by atoms with van der Waals surface area (Å²) in [6.07, 6.45) is 0.977. The van der Waals surface area contributed by atoms with Crippen molar-refractivity contribution in [3.05, 3.63) is 22.3 Å². The molecule has 13 heavy (non-hydrogen) atoms. The monoisotopic (exact) mass is 182 g/mol. The maximum atomic E-state index is 10.9. The molecule has 1 rings (SSSR count). The third-order valence-electron chi connectivity index (χ3n) is 1.81. The molecule has 4 nitrogen and oxygen atoms in total. The number of nitrogens with one attached hydrogen (secondary N) is 1. The second-order valence-corrected chi connectivity index (χ2v) is 3.08. The van der Waals surface area contributed by atoms with Crippen molar-refractivity contribution >= 4 is 5.88 Å². The van der Waals surface area contributed by atoms with Gasteiger partial charge in [0.2, 0.25) is 5.88 Å².